The van der Waals surface area contributed by atoms with Crippen LogP contribution < -0.4 is 0 Å². The van der Waals surface area contributed by atoms with Gasteiger partial charge >= 0.3 is 0 Å². The minimum atomic E-state index is -0.140. The number of aliphatic hydroxyl groups is 1. The van der Waals surface area contributed by atoms with Crippen molar-refractivity contribution in [2.45, 2.75) is 90.6 Å². The number of hydrogen-bond acceptors (Lipinski definition) is 2. The van der Waals surface area contributed by atoms with E-state index in [-0.39, 0.29) is 6.10 Å². The van der Waals surface area contributed by atoms with Gasteiger partial charge in [0.05, 0.1) is 6.10 Å². The van der Waals surface area contributed by atoms with Crippen LogP contribution in [0.5, 0.6) is 0 Å². The van der Waals surface area contributed by atoms with Crippen molar-refractivity contribution in [3.05, 3.63) is 0 Å². The Hall–Kier alpha value is -0.570. The SMILES string of the molecule is CCCN(C)C(=O)CCCCCCCCCCC(C)O. The Morgan fingerprint density at radius 3 is 2.00 bits per heavy atom. The Morgan fingerprint density at radius 1 is 1.00 bits per heavy atom. The van der Waals surface area contributed by atoms with Crippen LogP contribution in [-0.4, -0.2) is 35.6 Å². The average molecular weight is 285 g/mol. The third-order valence-electron chi connectivity index (χ3n) is 3.75. The third-order valence-corrected chi connectivity index (χ3v) is 3.75. The topological polar surface area (TPSA) is 40.5 Å². The summed E-state index contributed by atoms with van der Waals surface area (Å²) in [4.78, 5) is 13.5. The van der Waals surface area contributed by atoms with Gasteiger partial charge < -0.3 is 10.0 Å². The molecule has 0 rings (SSSR count). The molecule has 0 saturated heterocycles. The van der Waals surface area contributed by atoms with Crippen LogP contribution in [0.2, 0.25) is 0 Å². The van der Waals surface area contributed by atoms with Crippen LogP contribution in [0.3, 0.4) is 0 Å². The summed E-state index contributed by atoms with van der Waals surface area (Å²) in [5.74, 6) is 0.296. The second-order valence-electron chi connectivity index (χ2n) is 6.03. The summed E-state index contributed by atoms with van der Waals surface area (Å²) >= 11 is 0. The predicted molar refractivity (Wildman–Crippen MR) is 85.8 cm³/mol. The zero-order valence-electron chi connectivity index (χ0n) is 13.9. The Morgan fingerprint density at radius 2 is 1.50 bits per heavy atom. The van der Waals surface area contributed by atoms with Gasteiger partial charge in [0.1, 0.15) is 0 Å². The van der Waals surface area contributed by atoms with Gasteiger partial charge in [-0.25, -0.2) is 0 Å². The lowest BCUT2D eigenvalue weighted by Gasteiger charge is -2.15. The summed E-state index contributed by atoms with van der Waals surface area (Å²) in [5.41, 5.74) is 0. The number of nitrogens with zero attached hydrogens (tertiary/aromatic N) is 1. The van der Waals surface area contributed by atoms with E-state index >= 15 is 0 Å². The van der Waals surface area contributed by atoms with Crippen molar-refractivity contribution < 1.29 is 9.90 Å². The molecule has 0 aliphatic carbocycles. The van der Waals surface area contributed by atoms with Crippen molar-refractivity contribution in [1.82, 2.24) is 4.90 Å². The fraction of sp³-hybridized carbons (Fsp3) is 0.941. The van der Waals surface area contributed by atoms with Crippen LogP contribution in [0.25, 0.3) is 0 Å². The zero-order valence-corrected chi connectivity index (χ0v) is 13.9. The van der Waals surface area contributed by atoms with Crippen molar-refractivity contribution >= 4 is 5.91 Å². The molecule has 0 radical (unpaired) electrons. The van der Waals surface area contributed by atoms with Crippen molar-refractivity contribution in [3.8, 4) is 0 Å². The van der Waals surface area contributed by atoms with Gasteiger partial charge in [-0.15, -0.1) is 0 Å². The highest BCUT2D eigenvalue weighted by atomic mass is 16.3. The number of rotatable bonds is 13. The lowest BCUT2D eigenvalue weighted by Crippen LogP contribution is -2.26. The predicted octanol–water partition coefficient (Wildman–Crippen LogP) is 4.14. The Kier molecular flexibility index (Phi) is 13.0. The quantitative estimate of drug-likeness (QED) is 0.517. The molecular formula is C17H35NO2. The minimum Gasteiger partial charge on any atom is -0.393 e. The van der Waals surface area contributed by atoms with Crippen LogP contribution in [-0.2, 0) is 4.79 Å². The fourth-order valence-corrected chi connectivity index (χ4v) is 2.43. The highest BCUT2D eigenvalue weighted by molar-refractivity contribution is 5.75. The van der Waals surface area contributed by atoms with E-state index < -0.39 is 0 Å². The second-order valence-corrected chi connectivity index (χ2v) is 6.03. The molecule has 0 spiro atoms. The number of carbonyl (C=O) groups is 1. The maximum atomic E-state index is 11.7. The van der Waals surface area contributed by atoms with Crippen LogP contribution in [0.15, 0.2) is 0 Å². The summed E-state index contributed by atoms with van der Waals surface area (Å²) in [7, 11) is 1.90. The summed E-state index contributed by atoms with van der Waals surface area (Å²) in [6.45, 7) is 4.84. The molecule has 0 saturated carbocycles. The standard InChI is InChI=1S/C17H35NO2/c1-4-15-18(3)17(20)14-12-10-8-6-5-7-9-11-13-16(2)19/h16,19H,4-15H2,1-3H3. The maximum absolute atomic E-state index is 11.7. The molecule has 1 atom stereocenters. The highest BCUT2D eigenvalue weighted by Gasteiger charge is 2.06. The molecule has 1 amide bonds. The number of amides is 1. The lowest BCUT2D eigenvalue weighted by atomic mass is 10.1. The van der Waals surface area contributed by atoms with E-state index in [0.29, 0.717) is 12.3 Å². The van der Waals surface area contributed by atoms with Crippen molar-refractivity contribution in [2.75, 3.05) is 13.6 Å². The molecule has 0 heterocycles. The van der Waals surface area contributed by atoms with E-state index in [0.717, 1.165) is 32.2 Å². The van der Waals surface area contributed by atoms with Crippen LogP contribution in [0, 0.1) is 0 Å². The third kappa shape index (κ3) is 12.5. The largest absolute Gasteiger partial charge is 0.393 e. The highest BCUT2D eigenvalue weighted by Crippen LogP contribution is 2.11. The number of unbranched alkanes of at least 4 members (excludes halogenated alkanes) is 7. The Balaban J connectivity index is 3.22. The molecule has 1 unspecified atom stereocenters. The van der Waals surface area contributed by atoms with Gasteiger partial charge in [0, 0.05) is 20.0 Å². The van der Waals surface area contributed by atoms with Gasteiger partial charge in [-0.2, -0.15) is 0 Å². The number of hydrogen-bond donors (Lipinski definition) is 1. The number of aliphatic hydroxyl groups excluding tert-OH is 1. The van der Waals surface area contributed by atoms with Gasteiger partial charge in [0.15, 0.2) is 0 Å². The molecule has 0 aromatic heterocycles. The van der Waals surface area contributed by atoms with Gasteiger partial charge in [-0.05, 0) is 26.2 Å². The van der Waals surface area contributed by atoms with Crippen LogP contribution >= 0.6 is 0 Å². The smallest absolute Gasteiger partial charge is 0.222 e. The van der Waals surface area contributed by atoms with Gasteiger partial charge in [0.2, 0.25) is 5.91 Å². The molecule has 1 N–H and O–H groups in total. The molecule has 0 bridgehead atoms. The summed E-state index contributed by atoms with van der Waals surface area (Å²) in [6, 6.07) is 0. The molecule has 3 nitrogen and oxygen atoms in total. The van der Waals surface area contributed by atoms with E-state index in [1.807, 2.05) is 18.9 Å². The van der Waals surface area contributed by atoms with Gasteiger partial charge in [-0.3, -0.25) is 4.79 Å². The molecule has 3 heteroatoms. The zero-order chi connectivity index (χ0) is 15.2. The molecular weight excluding hydrogens is 250 g/mol. The first-order valence-electron chi connectivity index (χ1n) is 8.50. The fourth-order valence-electron chi connectivity index (χ4n) is 2.43. The van der Waals surface area contributed by atoms with Gasteiger partial charge in [0.25, 0.3) is 0 Å². The lowest BCUT2D eigenvalue weighted by molar-refractivity contribution is -0.130. The second kappa shape index (κ2) is 13.4. The molecule has 0 fully saturated rings. The number of carbonyl (C=O) groups excluding carboxylic acids is 1. The summed E-state index contributed by atoms with van der Waals surface area (Å²) in [6.07, 6.45) is 12.3. The van der Waals surface area contributed by atoms with E-state index in [1.54, 1.807) is 0 Å². The monoisotopic (exact) mass is 285 g/mol. The van der Waals surface area contributed by atoms with E-state index in [2.05, 4.69) is 6.92 Å². The molecule has 0 aliphatic heterocycles. The Bertz CT molecular complexity index is 229. The van der Waals surface area contributed by atoms with E-state index in [4.69, 9.17) is 5.11 Å². The minimum absolute atomic E-state index is 0.140. The first kappa shape index (κ1) is 19.4. The van der Waals surface area contributed by atoms with Crippen LogP contribution in [0.4, 0.5) is 0 Å². The van der Waals surface area contributed by atoms with Crippen molar-refractivity contribution in [3.63, 3.8) is 0 Å². The Labute approximate surface area is 125 Å². The van der Waals surface area contributed by atoms with E-state index in [9.17, 15) is 4.79 Å². The van der Waals surface area contributed by atoms with Crippen LogP contribution in [0.1, 0.15) is 84.5 Å². The molecule has 0 aliphatic rings. The van der Waals surface area contributed by atoms with Crippen molar-refractivity contribution in [1.29, 1.82) is 0 Å². The first-order chi connectivity index (χ1) is 9.57. The summed E-state index contributed by atoms with van der Waals surface area (Å²) < 4.78 is 0. The van der Waals surface area contributed by atoms with Crippen molar-refractivity contribution in [2.24, 2.45) is 0 Å². The molecule has 20 heavy (non-hydrogen) atoms. The molecule has 120 valence electrons. The first-order valence-corrected chi connectivity index (χ1v) is 8.50. The maximum Gasteiger partial charge on any atom is 0.222 e. The summed E-state index contributed by atoms with van der Waals surface area (Å²) in [5, 5.41) is 9.14. The van der Waals surface area contributed by atoms with E-state index in [1.165, 1.54) is 38.5 Å². The molecule has 0 aromatic carbocycles. The van der Waals surface area contributed by atoms with Gasteiger partial charge in [-0.1, -0.05) is 51.9 Å². The normalized spacial score (nSPS) is 12.4. The molecule has 0 aromatic rings. The average Bonchev–Trinajstić information content (AvgIpc) is 2.40.